The van der Waals surface area contributed by atoms with Gasteiger partial charge in [-0.15, -0.1) is 0 Å². The number of benzene rings is 3. The van der Waals surface area contributed by atoms with Crippen LogP contribution in [0.5, 0.6) is 0 Å². The Balaban J connectivity index is 1.32. The second-order valence-corrected chi connectivity index (χ2v) is 7.49. The number of fused-ring (bicyclic) bond motifs is 3. The molecular weight excluding hydrogens is 390 g/mol. The summed E-state index contributed by atoms with van der Waals surface area (Å²) in [7, 11) is 0. The van der Waals surface area contributed by atoms with E-state index in [1.807, 2.05) is 30.3 Å². The molecule has 5 nitrogen and oxygen atoms in total. The molecule has 0 saturated heterocycles. The Kier molecular flexibility index (Phi) is 5.85. The van der Waals surface area contributed by atoms with Gasteiger partial charge in [0.15, 0.2) is 0 Å². The predicted octanol–water partition coefficient (Wildman–Crippen LogP) is 5.25. The zero-order chi connectivity index (χ0) is 21.8. The number of ether oxygens (including phenoxy) is 1. The Morgan fingerprint density at radius 3 is 2.26 bits per heavy atom. The van der Waals surface area contributed by atoms with Gasteiger partial charge in [-0.3, -0.25) is 0 Å². The number of nitrogens with one attached hydrogen (secondary N) is 1. The molecule has 0 saturated carbocycles. The molecule has 4 rings (SSSR count). The number of amides is 1. The number of hydrogen-bond acceptors (Lipinski definition) is 3. The van der Waals surface area contributed by atoms with E-state index in [9.17, 15) is 9.59 Å². The van der Waals surface area contributed by atoms with E-state index in [0.29, 0.717) is 12.1 Å². The minimum Gasteiger partial charge on any atom is -0.478 e. The van der Waals surface area contributed by atoms with Gasteiger partial charge in [0.1, 0.15) is 6.61 Å². The van der Waals surface area contributed by atoms with Crippen molar-refractivity contribution in [3.63, 3.8) is 0 Å². The number of carboxylic acids is 1. The molecule has 0 heterocycles. The molecule has 0 bridgehead atoms. The van der Waals surface area contributed by atoms with Crippen LogP contribution < -0.4 is 5.32 Å². The third-order valence-electron chi connectivity index (χ3n) is 5.50. The summed E-state index contributed by atoms with van der Waals surface area (Å²) in [5.41, 5.74) is 6.59. The third-order valence-corrected chi connectivity index (χ3v) is 5.50. The van der Waals surface area contributed by atoms with Crippen molar-refractivity contribution in [2.45, 2.75) is 12.8 Å². The summed E-state index contributed by atoms with van der Waals surface area (Å²) < 4.78 is 5.50. The maximum Gasteiger partial charge on any atom is 0.407 e. The van der Waals surface area contributed by atoms with E-state index in [2.05, 4.69) is 29.6 Å². The molecule has 156 valence electrons. The minimum absolute atomic E-state index is 0.0319. The fourth-order valence-corrected chi connectivity index (χ4v) is 4.02. The van der Waals surface area contributed by atoms with Gasteiger partial charge in [0.05, 0.1) is 5.56 Å². The van der Waals surface area contributed by atoms with Crippen LogP contribution in [0, 0.1) is 6.92 Å². The highest BCUT2D eigenvalue weighted by Gasteiger charge is 2.28. The molecule has 1 aliphatic rings. The summed E-state index contributed by atoms with van der Waals surface area (Å²) in [6.45, 7) is 2.35. The van der Waals surface area contributed by atoms with Crippen LogP contribution in [0.25, 0.3) is 17.2 Å². The van der Waals surface area contributed by atoms with Gasteiger partial charge < -0.3 is 15.2 Å². The zero-order valence-electron chi connectivity index (χ0n) is 17.2. The van der Waals surface area contributed by atoms with E-state index >= 15 is 0 Å². The molecule has 0 fully saturated rings. The molecule has 0 spiro atoms. The van der Waals surface area contributed by atoms with Gasteiger partial charge in [-0.1, -0.05) is 72.8 Å². The van der Waals surface area contributed by atoms with Crippen molar-refractivity contribution >= 4 is 18.1 Å². The first kappa shape index (κ1) is 20.4. The highest BCUT2D eigenvalue weighted by atomic mass is 16.5. The Bertz CT molecular complexity index is 1120. The van der Waals surface area contributed by atoms with Crippen LogP contribution in [-0.2, 0) is 4.74 Å². The summed E-state index contributed by atoms with van der Waals surface area (Å²) in [5.74, 6) is -0.908. The standard InChI is InChI=1S/C26H23NO4/c1-17-15-18(12-13-19(17)25(28)29)7-6-14-27-26(30)31-16-24-22-10-4-2-8-20(22)21-9-3-5-11-23(21)24/h2-13,15,24H,14,16H2,1H3,(H,27,30)(H,28,29). The number of aromatic carboxylic acids is 1. The lowest BCUT2D eigenvalue weighted by Gasteiger charge is -2.14. The maximum absolute atomic E-state index is 12.2. The average Bonchev–Trinajstić information content (AvgIpc) is 3.09. The molecule has 2 N–H and O–H groups in total. The summed E-state index contributed by atoms with van der Waals surface area (Å²) in [5, 5.41) is 11.8. The molecule has 0 radical (unpaired) electrons. The van der Waals surface area contributed by atoms with Crippen molar-refractivity contribution in [1.82, 2.24) is 5.32 Å². The molecule has 3 aromatic carbocycles. The molecule has 0 aromatic heterocycles. The molecular formula is C26H23NO4. The first-order valence-electron chi connectivity index (χ1n) is 10.1. The maximum atomic E-state index is 12.2. The van der Waals surface area contributed by atoms with Crippen molar-refractivity contribution < 1.29 is 19.4 Å². The SMILES string of the molecule is Cc1cc(C=CCNC(=O)OCC2c3ccccc3-c3ccccc32)ccc1C(=O)O. The zero-order valence-corrected chi connectivity index (χ0v) is 17.2. The number of carboxylic acid groups (broad SMARTS) is 1. The number of hydrogen-bond donors (Lipinski definition) is 2. The minimum atomic E-state index is -0.940. The largest absolute Gasteiger partial charge is 0.478 e. The Labute approximate surface area is 181 Å². The highest BCUT2D eigenvalue weighted by Crippen LogP contribution is 2.44. The molecule has 5 heteroatoms. The number of rotatable bonds is 6. The lowest BCUT2D eigenvalue weighted by molar-refractivity contribution is 0.0696. The van der Waals surface area contributed by atoms with Crippen LogP contribution in [0.3, 0.4) is 0 Å². The van der Waals surface area contributed by atoms with E-state index < -0.39 is 12.1 Å². The fourth-order valence-electron chi connectivity index (χ4n) is 4.02. The van der Waals surface area contributed by atoms with Crippen LogP contribution >= 0.6 is 0 Å². The monoisotopic (exact) mass is 413 g/mol. The lowest BCUT2D eigenvalue weighted by atomic mass is 9.98. The Morgan fingerprint density at radius 2 is 1.65 bits per heavy atom. The Hall–Kier alpha value is -3.86. The second kappa shape index (κ2) is 8.88. The summed E-state index contributed by atoms with van der Waals surface area (Å²) in [6.07, 6.45) is 3.17. The van der Waals surface area contributed by atoms with Crippen LogP contribution in [0.1, 0.15) is 38.5 Å². The van der Waals surface area contributed by atoms with Crippen molar-refractivity contribution in [2.24, 2.45) is 0 Å². The van der Waals surface area contributed by atoms with E-state index in [-0.39, 0.29) is 18.1 Å². The Morgan fingerprint density at radius 1 is 1.00 bits per heavy atom. The average molecular weight is 413 g/mol. The van der Waals surface area contributed by atoms with Crippen LogP contribution in [0.2, 0.25) is 0 Å². The predicted molar refractivity (Wildman–Crippen MR) is 120 cm³/mol. The first-order chi connectivity index (χ1) is 15.0. The van der Waals surface area contributed by atoms with Crippen molar-refractivity contribution in [2.75, 3.05) is 13.2 Å². The van der Waals surface area contributed by atoms with Gasteiger partial charge in [0, 0.05) is 12.5 Å². The van der Waals surface area contributed by atoms with E-state index in [4.69, 9.17) is 9.84 Å². The molecule has 1 aliphatic carbocycles. The third kappa shape index (κ3) is 4.36. The summed E-state index contributed by atoms with van der Waals surface area (Å²) in [6, 6.07) is 21.5. The molecule has 1 amide bonds. The fraction of sp³-hybridized carbons (Fsp3) is 0.154. The lowest BCUT2D eigenvalue weighted by Crippen LogP contribution is -2.26. The number of alkyl carbamates (subject to hydrolysis) is 1. The van der Waals surface area contributed by atoms with Crippen molar-refractivity contribution in [3.8, 4) is 11.1 Å². The highest BCUT2D eigenvalue weighted by molar-refractivity contribution is 5.89. The number of carbonyl (C=O) groups excluding carboxylic acids is 1. The van der Waals surface area contributed by atoms with E-state index in [1.54, 1.807) is 31.2 Å². The topological polar surface area (TPSA) is 75.6 Å². The van der Waals surface area contributed by atoms with Gasteiger partial charge >= 0.3 is 12.1 Å². The van der Waals surface area contributed by atoms with Gasteiger partial charge in [-0.05, 0) is 46.4 Å². The quantitative estimate of drug-likeness (QED) is 0.579. The number of carbonyl (C=O) groups is 2. The van der Waals surface area contributed by atoms with Crippen LogP contribution in [0.4, 0.5) is 4.79 Å². The van der Waals surface area contributed by atoms with Gasteiger partial charge in [-0.2, -0.15) is 0 Å². The summed E-state index contributed by atoms with van der Waals surface area (Å²) in [4.78, 5) is 23.3. The molecule has 0 atom stereocenters. The van der Waals surface area contributed by atoms with Crippen molar-refractivity contribution in [3.05, 3.63) is 101 Å². The van der Waals surface area contributed by atoms with E-state index in [1.165, 1.54) is 22.3 Å². The first-order valence-corrected chi connectivity index (χ1v) is 10.1. The number of aryl methyl sites for hydroxylation is 1. The molecule has 0 aliphatic heterocycles. The molecule has 0 unspecified atom stereocenters. The van der Waals surface area contributed by atoms with Gasteiger partial charge in [-0.25, -0.2) is 9.59 Å². The van der Waals surface area contributed by atoms with Gasteiger partial charge in [0.25, 0.3) is 0 Å². The normalized spacial score (nSPS) is 12.4. The van der Waals surface area contributed by atoms with Gasteiger partial charge in [0.2, 0.25) is 0 Å². The van der Waals surface area contributed by atoms with Crippen LogP contribution in [0.15, 0.2) is 72.8 Å². The molecule has 31 heavy (non-hydrogen) atoms. The van der Waals surface area contributed by atoms with Crippen LogP contribution in [-0.4, -0.2) is 30.3 Å². The second-order valence-electron chi connectivity index (χ2n) is 7.49. The van der Waals surface area contributed by atoms with E-state index in [0.717, 1.165) is 5.56 Å². The smallest absolute Gasteiger partial charge is 0.407 e. The van der Waals surface area contributed by atoms with Crippen molar-refractivity contribution in [1.29, 1.82) is 0 Å². The molecule has 3 aromatic rings. The summed E-state index contributed by atoms with van der Waals surface area (Å²) >= 11 is 0.